The molecule has 0 spiro atoms. The third-order valence-corrected chi connectivity index (χ3v) is 4.45. The molecule has 0 aliphatic rings. The van der Waals surface area contributed by atoms with Crippen molar-refractivity contribution >= 4 is 17.7 Å². The van der Waals surface area contributed by atoms with Crippen LogP contribution in [0.1, 0.15) is 22.8 Å². The lowest BCUT2D eigenvalue weighted by molar-refractivity contribution is -0.0329. The maximum atomic E-state index is 12.8. The lowest BCUT2D eigenvalue weighted by Crippen LogP contribution is -2.31. The monoisotopic (exact) mass is 400 g/mol. The van der Waals surface area contributed by atoms with Gasteiger partial charge < -0.3 is 14.4 Å². The Morgan fingerprint density at radius 1 is 1.19 bits per heavy atom. The molecule has 146 valence electrons. The van der Waals surface area contributed by atoms with Gasteiger partial charge in [0.05, 0.1) is 19.8 Å². The number of pyridine rings is 1. The second kappa shape index (κ2) is 8.98. The highest BCUT2D eigenvalue weighted by atomic mass is 32.2. The Morgan fingerprint density at radius 3 is 2.48 bits per heavy atom. The van der Waals surface area contributed by atoms with Crippen molar-refractivity contribution in [2.75, 3.05) is 20.8 Å². The van der Waals surface area contributed by atoms with Crippen molar-refractivity contribution < 1.29 is 27.4 Å². The van der Waals surface area contributed by atoms with E-state index in [1.165, 1.54) is 37.4 Å². The summed E-state index contributed by atoms with van der Waals surface area (Å²) in [6.07, 6.45) is 1.23. The fourth-order valence-electron chi connectivity index (χ4n) is 2.44. The van der Waals surface area contributed by atoms with E-state index in [9.17, 15) is 18.0 Å². The molecule has 0 N–H and O–H groups in total. The van der Waals surface area contributed by atoms with E-state index in [1.54, 1.807) is 25.1 Å². The quantitative estimate of drug-likeness (QED) is 0.646. The Morgan fingerprint density at radius 2 is 1.89 bits per heavy atom. The third-order valence-electron chi connectivity index (χ3n) is 3.70. The number of aromatic nitrogens is 1. The van der Waals surface area contributed by atoms with E-state index in [-0.39, 0.29) is 17.1 Å². The van der Waals surface area contributed by atoms with Crippen molar-refractivity contribution in [1.29, 1.82) is 0 Å². The molecule has 0 bridgehead atoms. The fraction of sp³-hybridized carbons (Fsp3) is 0.333. The van der Waals surface area contributed by atoms with Gasteiger partial charge in [-0.15, -0.1) is 0 Å². The summed E-state index contributed by atoms with van der Waals surface area (Å²) in [6, 6.07) is 8.00. The van der Waals surface area contributed by atoms with E-state index in [0.717, 1.165) is 5.56 Å². The second-order valence-electron chi connectivity index (χ2n) is 5.41. The van der Waals surface area contributed by atoms with Gasteiger partial charge in [-0.2, -0.15) is 13.2 Å². The van der Waals surface area contributed by atoms with Gasteiger partial charge in [0.2, 0.25) is 0 Å². The molecule has 0 saturated heterocycles. The summed E-state index contributed by atoms with van der Waals surface area (Å²) in [4.78, 5) is 18.0. The van der Waals surface area contributed by atoms with E-state index in [1.807, 2.05) is 0 Å². The number of thioether (sulfide) groups is 1. The summed E-state index contributed by atoms with van der Waals surface area (Å²) >= 11 is -0.394. The van der Waals surface area contributed by atoms with Crippen LogP contribution in [0.25, 0.3) is 0 Å². The first-order valence-corrected chi connectivity index (χ1v) is 8.81. The molecule has 2 rings (SSSR count). The minimum atomic E-state index is -4.52. The summed E-state index contributed by atoms with van der Waals surface area (Å²) in [5, 5.41) is -0.360. The summed E-state index contributed by atoms with van der Waals surface area (Å²) in [7, 11) is 3.02. The molecular weight excluding hydrogens is 381 g/mol. The molecule has 0 saturated carbocycles. The summed E-state index contributed by atoms with van der Waals surface area (Å²) < 4.78 is 48.6. The number of amides is 1. The van der Waals surface area contributed by atoms with Crippen LogP contribution in [-0.2, 0) is 6.54 Å². The topological polar surface area (TPSA) is 51.7 Å². The number of carbonyl (C=O) groups excluding carboxylic acids is 1. The molecule has 9 heteroatoms. The van der Waals surface area contributed by atoms with Crippen LogP contribution in [0.4, 0.5) is 13.2 Å². The zero-order valence-corrected chi connectivity index (χ0v) is 15.9. The largest absolute Gasteiger partial charge is 0.493 e. The van der Waals surface area contributed by atoms with Crippen molar-refractivity contribution in [1.82, 2.24) is 9.88 Å². The van der Waals surface area contributed by atoms with Crippen LogP contribution in [0.2, 0.25) is 0 Å². The highest BCUT2D eigenvalue weighted by Crippen LogP contribution is 2.37. The lowest BCUT2D eigenvalue weighted by Gasteiger charge is -2.22. The molecule has 0 aliphatic heterocycles. The smallest absolute Gasteiger partial charge is 0.447 e. The number of hydrogen-bond donors (Lipinski definition) is 0. The molecule has 1 aromatic carbocycles. The number of hydrogen-bond acceptors (Lipinski definition) is 5. The van der Waals surface area contributed by atoms with Crippen LogP contribution >= 0.6 is 11.8 Å². The van der Waals surface area contributed by atoms with Gasteiger partial charge in [0.25, 0.3) is 5.91 Å². The predicted molar refractivity (Wildman–Crippen MR) is 96.1 cm³/mol. The van der Waals surface area contributed by atoms with Gasteiger partial charge >= 0.3 is 5.51 Å². The van der Waals surface area contributed by atoms with Gasteiger partial charge in [0.1, 0.15) is 5.03 Å². The fourth-order valence-corrected chi connectivity index (χ4v) is 3.04. The van der Waals surface area contributed by atoms with Crippen LogP contribution in [0.3, 0.4) is 0 Å². The van der Waals surface area contributed by atoms with E-state index in [2.05, 4.69) is 4.98 Å². The highest BCUT2D eigenvalue weighted by Gasteiger charge is 2.33. The average Bonchev–Trinajstić information content (AvgIpc) is 2.64. The molecule has 1 aromatic heterocycles. The number of nitrogens with zero attached hydrogens (tertiary/aromatic N) is 2. The first kappa shape index (κ1) is 20.9. The average molecular weight is 400 g/mol. The van der Waals surface area contributed by atoms with E-state index >= 15 is 0 Å². The number of ether oxygens (including phenoxy) is 2. The SMILES string of the molecule is CCN(Cc1ccc(OC)c(OC)c1)C(=O)c1cccnc1SC(F)(F)F. The second-order valence-corrected chi connectivity index (χ2v) is 6.47. The molecule has 1 amide bonds. The van der Waals surface area contributed by atoms with E-state index < -0.39 is 23.2 Å². The Labute approximate surface area is 159 Å². The molecule has 0 atom stereocenters. The third kappa shape index (κ3) is 5.53. The highest BCUT2D eigenvalue weighted by molar-refractivity contribution is 8.00. The van der Waals surface area contributed by atoms with Crippen LogP contribution in [0.15, 0.2) is 41.6 Å². The van der Waals surface area contributed by atoms with E-state index in [4.69, 9.17) is 9.47 Å². The van der Waals surface area contributed by atoms with Crippen molar-refractivity contribution in [3.63, 3.8) is 0 Å². The zero-order valence-electron chi connectivity index (χ0n) is 15.0. The first-order valence-electron chi connectivity index (χ1n) is 8.00. The van der Waals surface area contributed by atoms with Crippen molar-refractivity contribution in [3.8, 4) is 11.5 Å². The Bertz CT molecular complexity index is 800. The van der Waals surface area contributed by atoms with Gasteiger partial charge in [-0.3, -0.25) is 4.79 Å². The van der Waals surface area contributed by atoms with Crippen LogP contribution in [-0.4, -0.2) is 42.1 Å². The maximum Gasteiger partial charge on any atom is 0.447 e. The Hall–Kier alpha value is -2.42. The summed E-state index contributed by atoms with van der Waals surface area (Å²) in [6.45, 7) is 2.28. The molecule has 27 heavy (non-hydrogen) atoms. The Kier molecular flexibility index (Phi) is 6.95. The molecule has 0 aliphatic carbocycles. The normalized spacial score (nSPS) is 11.2. The molecule has 5 nitrogen and oxygen atoms in total. The number of halogens is 3. The number of benzene rings is 1. The number of methoxy groups -OCH3 is 2. The number of rotatable bonds is 7. The first-order chi connectivity index (χ1) is 12.8. The standard InChI is InChI=1S/C18H19F3N2O3S/c1-4-23(11-12-7-8-14(25-2)15(10-12)26-3)17(24)13-6-5-9-22-16(13)27-18(19,20)21/h5-10H,4,11H2,1-3H3. The molecule has 2 aromatic rings. The van der Waals surface area contributed by atoms with Gasteiger partial charge in [-0.1, -0.05) is 6.07 Å². The minimum Gasteiger partial charge on any atom is -0.493 e. The van der Waals surface area contributed by atoms with Crippen molar-refractivity contribution in [2.45, 2.75) is 24.0 Å². The molecule has 0 unspecified atom stereocenters. The number of carbonyl (C=O) groups is 1. The van der Waals surface area contributed by atoms with Crippen molar-refractivity contribution in [2.24, 2.45) is 0 Å². The predicted octanol–water partition coefficient (Wildman–Crippen LogP) is 4.37. The molecular formula is C18H19F3N2O3S. The summed E-state index contributed by atoms with van der Waals surface area (Å²) in [5.74, 6) is 0.534. The minimum absolute atomic E-state index is 0.0813. The van der Waals surface area contributed by atoms with E-state index in [0.29, 0.717) is 18.0 Å². The van der Waals surface area contributed by atoms with Gasteiger partial charge in [0, 0.05) is 31.0 Å². The van der Waals surface area contributed by atoms with Crippen LogP contribution < -0.4 is 9.47 Å². The van der Waals surface area contributed by atoms with Gasteiger partial charge in [0.15, 0.2) is 11.5 Å². The van der Waals surface area contributed by atoms with Gasteiger partial charge in [-0.05, 0) is 36.8 Å². The lowest BCUT2D eigenvalue weighted by atomic mass is 10.1. The number of alkyl halides is 3. The van der Waals surface area contributed by atoms with Crippen LogP contribution in [0.5, 0.6) is 11.5 Å². The zero-order chi connectivity index (χ0) is 20.0. The molecule has 0 radical (unpaired) electrons. The Balaban J connectivity index is 2.27. The summed E-state index contributed by atoms with van der Waals surface area (Å²) in [5.41, 5.74) is -3.84. The van der Waals surface area contributed by atoms with Gasteiger partial charge in [-0.25, -0.2) is 4.98 Å². The van der Waals surface area contributed by atoms with Crippen molar-refractivity contribution in [3.05, 3.63) is 47.7 Å². The molecule has 1 heterocycles. The maximum absolute atomic E-state index is 12.8. The molecule has 0 fully saturated rings. The van der Waals surface area contributed by atoms with Crippen LogP contribution in [0, 0.1) is 0 Å².